The van der Waals surface area contributed by atoms with E-state index in [1.807, 2.05) is 0 Å². The van der Waals surface area contributed by atoms with Crippen molar-refractivity contribution in [2.24, 2.45) is 10.3 Å². The van der Waals surface area contributed by atoms with E-state index in [1.165, 1.54) is 34.2 Å². The molecule has 0 spiro atoms. The molecule has 0 radical (unpaired) electrons. The molecule has 4 heterocycles. The van der Waals surface area contributed by atoms with E-state index in [4.69, 9.17) is 4.98 Å². The Balaban J connectivity index is 1.44. The van der Waals surface area contributed by atoms with Gasteiger partial charge in [-0.2, -0.15) is 9.35 Å². The first-order chi connectivity index (χ1) is 19.2. The van der Waals surface area contributed by atoms with Crippen molar-refractivity contribution in [1.29, 1.82) is 0 Å². The Labute approximate surface area is 233 Å². The van der Waals surface area contributed by atoms with E-state index in [9.17, 15) is 9.00 Å². The molecule has 0 atom stereocenters. The van der Waals surface area contributed by atoms with Gasteiger partial charge in [-0.3, -0.25) is 4.79 Å². The van der Waals surface area contributed by atoms with Gasteiger partial charge in [0.1, 0.15) is 5.39 Å². The maximum atomic E-state index is 13.3. The predicted octanol–water partition coefficient (Wildman–Crippen LogP) is 4.21. The lowest BCUT2D eigenvalue weighted by Gasteiger charge is -2.28. The van der Waals surface area contributed by atoms with Crippen LogP contribution in [0, 0.1) is 5.92 Å². The van der Waals surface area contributed by atoms with Gasteiger partial charge in [0, 0.05) is 47.2 Å². The molecule has 1 aliphatic carbocycles. The van der Waals surface area contributed by atoms with Crippen LogP contribution in [0.2, 0.25) is 0 Å². The molecule has 0 bridgehead atoms. The fourth-order valence-electron chi connectivity index (χ4n) is 5.36. The van der Waals surface area contributed by atoms with Crippen molar-refractivity contribution in [2.45, 2.75) is 38.8 Å². The van der Waals surface area contributed by atoms with Crippen LogP contribution in [-0.2, 0) is 35.7 Å². The fourth-order valence-corrected chi connectivity index (χ4v) is 5.92. The number of fused-ring (bicyclic) bond motifs is 2. The van der Waals surface area contributed by atoms with Crippen LogP contribution in [0.4, 0.5) is 17.5 Å². The summed E-state index contributed by atoms with van der Waals surface area (Å²) in [7, 11) is -0.257. The SMILES string of the molecule is C=CCn1c(=O)c2cnc(Nc3cc(CC4CC4)c4c(c3)CN(C)CC4)nc2n1-c1cccc(N=S(C)(C)=O)n1. The van der Waals surface area contributed by atoms with Crippen LogP contribution >= 0.6 is 0 Å². The number of hydrogen-bond acceptors (Lipinski definition) is 8. The van der Waals surface area contributed by atoms with Gasteiger partial charge >= 0.3 is 0 Å². The van der Waals surface area contributed by atoms with Crippen molar-refractivity contribution in [2.75, 3.05) is 31.4 Å². The third-order valence-corrected chi connectivity index (χ3v) is 7.93. The quantitative estimate of drug-likeness (QED) is 0.323. The second-order valence-electron chi connectivity index (χ2n) is 11.1. The van der Waals surface area contributed by atoms with Crippen molar-refractivity contribution in [3.63, 3.8) is 0 Å². The standard InChI is InChI=1S/C29H34N8O2S/c1-5-12-36-28(38)24-17-30-29(33-27(24)37(36)26-8-6-7-25(32-26)34-40(3,4)39)31-22-15-20(14-19-9-10-19)23-11-13-35(2)18-21(23)16-22/h5-8,15-17,19H,1,9-14,18H2,2-4H3,(H,30,31,33). The second kappa shape index (κ2) is 10.3. The Bertz CT molecular complexity index is 1800. The molecule has 2 aliphatic rings. The molecule has 1 fully saturated rings. The molecular formula is C29H34N8O2S. The third-order valence-electron chi connectivity index (χ3n) is 7.31. The van der Waals surface area contributed by atoms with E-state index in [2.05, 4.69) is 50.3 Å². The van der Waals surface area contributed by atoms with Crippen LogP contribution in [0.15, 0.2) is 58.3 Å². The van der Waals surface area contributed by atoms with Gasteiger partial charge in [-0.25, -0.2) is 23.5 Å². The molecule has 11 heteroatoms. The lowest BCUT2D eigenvalue weighted by Crippen LogP contribution is -2.27. The molecule has 10 nitrogen and oxygen atoms in total. The maximum absolute atomic E-state index is 13.3. The largest absolute Gasteiger partial charge is 0.324 e. The zero-order valence-electron chi connectivity index (χ0n) is 23.1. The molecule has 4 aromatic rings. The van der Waals surface area contributed by atoms with Crippen LogP contribution in [-0.4, -0.2) is 59.5 Å². The van der Waals surface area contributed by atoms with Gasteiger partial charge in [0.05, 0.1) is 6.54 Å². The van der Waals surface area contributed by atoms with Crippen molar-refractivity contribution in [3.05, 3.63) is 76.2 Å². The van der Waals surface area contributed by atoms with Gasteiger partial charge in [0.2, 0.25) is 5.95 Å². The van der Waals surface area contributed by atoms with Crippen molar-refractivity contribution < 1.29 is 4.21 Å². The fraction of sp³-hybridized carbons (Fsp3) is 0.379. The van der Waals surface area contributed by atoms with Crippen LogP contribution < -0.4 is 10.9 Å². The van der Waals surface area contributed by atoms with E-state index in [-0.39, 0.29) is 12.1 Å². The average Bonchev–Trinajstić information content (AvgIpc) is 3.67. The van der Waals surface area contributed by atoms with Crippen LogP contribution in [0.3, 0.4) is 0 Å². The van der Waals surface area contributed by atoms with Gasteiger partial charge < -0.3 is 10.2 Å². The zero-order chi connectivity index (χ0) is 28.0. The molecule has 3 aromatic heterocycles. The summed E-state index contributed by atoms with van der Waals surface area (Å²) in [6.45, 7) is 6.06. The molecule has 0 saturated heterocycles. The topological polar surface area (TPSA) is 110 Å². The summed E-state index contributed by atoms with van der Waals surface area (Å²) in [5.74, 6) is 1.94. The van der Waals surface area contributed by atoms with Gasteiger partial charge in [-0.05, 0) is 79.6 Å². The van der Waals surface area contributed by atoms with Crippen LogP contribution in [0.5, 0.6) is 0 Å². The average molecular weight is 559 g/mol. The van der Waals surface area contributed by atoms with Gasteiger partial charge in [0.15, 0.2) is 17.3 Å². The summed E-state index contributed by atoms with van der Waals surface area (Å²) in [5, 5.41) is 3.78. The molecule has 0 amide bonds. The normalized spacial score (nSPS) is 15.7. The summed E-state index contributed by atoms with van der Waals surface area (Å²) < 4.78 is 19.7. The first-order valence-corrected chi connectivity index (χ1v) is 15.9. The molecule has 40 heavy (non-hydrogen) atoms. The summed E-state index contributed by atoms with van der Waals surface area (Å²) in [4.78, 5) is 29.6. The van der Waals surface area contributed by atoms with Gasteiger partial charge in [0.25, 0.3) is 5.56 Å². The minimum atomic E-state index is -2.41. The Hall–Kier alpha value is -3.83. The summed E-state index contributed by atoms with van der Waals surface area (Å²) >= 11 is 0. The van der Waals surface area contributed by atoms with E-state index in [0.29, 0.717) is 28.6 Å². The summed E-state index contributed by atoms with van der Waals surface area (Å²) in [5.41, 5.74) is 5.36. The number of hydrogen-bond donors (Lipinski definition) is 1. The molecule has 1 aliphatic heterocycles. The van der Waals surface area contributed by atoms with Crippen molar-refractivity contribution in [1.82, 2.24) is 29.2 Å². The Kier molecular flexibility index (Phi) is 6.79. The van der Waals surface area contributed by atoms with Crippen molar-refractivity contribution >= 4 is 38.2 Å². The third kappa shape index (κ3) is 5.44. The number of aromatic nitrogens is 5. The number of nitrogens with zero attached hydrogens (tertiary/aromatic N) is 7. The van der Waals surface area contributed by atoms with Crippen molar-refractivity contribution in [3.8, 4) is 5.82 Å². The highest BCUT2D eigenvalue weighted by Gasteiger charge is 2.26. The number of pyridine rings is 1. The second-order valence-corrected chi connectivity index (χ2v) is 13.6. The first kappa shape index (κ1) is 26.4. The van der Waals surface area contributed by atoms with Gasteiger partial charge in [-0.15, -0.1) is 6.58 Å². The maximum Gasteiger partial charge on any atom is 0.278 e. The molecule has 1 aromatic carbocycles. The molecule has 6 rings (SSSR count). The number of likely N-dealkylation sites (N-methyl/N-ethyl adjacent to an activating group) is 1. The molecule has 1 N–H and O–H groups in total. The molecule has 208 valence electrons. The highest BCUT2D eigenvalue weighted by atomic mass is 32.2. The van der Waals surface area contributed by atoms with E-state index in [1.54, 1.807) is 47.7 Å². The van der Waals surface area contributed by atoms with E-state index in [0.717, 1.165) is 37.5 Å². The lowest BCUT2D eigenvalue weighted by atomic mass is 9.91. The highest BCUT2D eigenvalue weighted by Crippen LogP contribution is 2.36. The number of rotatable bonds is 8. The monoisotopic (exact) mass is 558 g/mol. The Morgan fingerprint density at radius 3 is 2.80 bits per heavy atom. The number of benzene rings is 1. The number of nitrogens with one attached hydrogen (secondary N) is 1. The van der Waals surface area contributed by atoms with E-state index >= 15 is 0 Å². The molecular weight excluding hydrogens is 524 g/mol. The summed E-state index contributed by atoms with van der Waals surface area (Å²) in [6, 6.07) is 9.67. The summed E-state index contributed by atoms with van der Waals surface area (Å²) in [6.07, 6.45) is 11.1. The van der Waals surface area contributed by atoms with Gasteiger partial charge in [-0.1, -0.05) is 12.1 Å². The number of allylic oxidation sites excluding steroid dienone is 1. The smallest absolute Gasteiger partial charge is 0.278 e. The Morgan fingerprint density at radius 2 is 2.05 bits per heavy atom. The highest BCUT2D eigenvalue weighted by molar-refractivity contribution is 7.92. The van der Waals surface area contributed by atoms with E-state index < -0.39 is 9.73 Å². The molecule has 0 unspecified atom stereocenters. The predicted molar refractivity (Wildman–Crippen MR) is 159 cm³/mol. The Morgan fingerprint density at radius 1 is 1.23 bits per heavy atom. The zero-order valence-corrected chi connectivity index (χ0v) is 23.9. The molecule has 1 saturated carbocycles. The lowest BCUT2D eigenvalue weighted by molar-refractivity contribution is 0.312. The minimum Gasteiger partial charge on any atom is -0.324 e. The van der Waals surface area contributed by atoms with Crippen LogP contribution in [0.1, 0.15) is 29.5 Å². The minimum absolute atomic E-state index is 0.246. The number of anilines is 2. The first-order valence-electron chi connectivity index (χ1n) is 13.5. The van der Waals surface area contributed by atoms with Crippen LogP contribution in [0.25, 0.3) is 16.9 Å².